The molecule has 0 radical (unpaired) electrons. The van der Waals surface area contributed by atoms with E-state index in [4.69, 9.17) is 9.97 Å². The van der Waals surface area contributed by atoms with Crippen LogP contribution in [0.1, 0.15) is 0 Å². The van der Waals surface area contributed by atoms with Gasteiger partial charge in [0.25, 0.3) is 0 Å². The zero-order chi connectivity index (χ0) is 43.3. The predicted molar refractivity (Wildman–Crippen MR) is 272 cm³/mol. The molecule has 0 N–H and O–H groups in total. The highest BCUT2D eigenvalue weighted by Gasteiger charge is 2.26. The van der Waals surface area contributed by atoms with E-state index in [9.17, 15) is 0 Å². The lowest BCUT2D eigenvalue weighted by atomic mass is 9.88. The van der Waals surface area contributed by atoms with Crippen LogP contribution in [0, 0.1) is 0 Å². The van der Waals surface area contributed by atoms with Gasteiger partial charge in [-0.2, -0.15) is 0 Å². The molecule has 0 bridgehead atoms. The van der Waals surface area contributed by atoms with Crippen LogP contribution < -0.4 is 0 Å². The highest BCUT2D eigenvalue weighted by atomic mass is 14.9. The lowest BCUT2D eigenvalue weighted by Crippen LogP contribution is -1.98. The fraction of sp³-hybridized carbons (Fsp3) is 0. The van der Waals surface area contributed by atoms with Crippen molar-refractivity contribution in [1.82, 2.24) is 19.9 Å². The van der Waals surface area contributed by atoms with E-state index in [1.54, 1.807) is 6.20 Å². The lowest BCUT2D eigenvalue weighted by molar-refractivity contribution is 1.23. The van der Waals surface area contributed by atoms with Gasteiger partial charge in [0.2, 0.25) is 0 Å². The first kappa shape index (κ1) is 36.6. The fourth-order valence-corrected chi connectivity index (χ4v) is 10.7. The van der Waals surface area contributed by atoms with Gasteiger partial charge >= 0.3 is 0 Å². The van der Waals surface area contributed by atoms with Gasteiger partial charge in [-0.15, -0.1) is 0 Å². The van der Waals surface area contributed by atoms with E-state index in [0.29, 0.717) is 5.82 Å². The van der Waals surface area contributed by atoms with Gasteiger partial charge in [0.15, 0.2) is 5.82 Å². The van der Waals surface area contributed by atoms with Gasteiger partial charge in [-0.1, -0.05) is 170 Å². The quantitative estimate of drug-likeness (QED) is 0.167. The molecule has 0 atom stereocenters. The minimum atomic E-state index is 0.669. The number of nitrogens with zero attached hydrogens (tertiary/aromatic N) is 4. The third-order valence-corrected chi connectivity index (χ3v) is 13.8. The van der Waals surface area contributed by atoms with Crippen molar-refractivity contribution < 1.29 is 0 Å². The minimum absolute atomic E-state index is 0.669. The average molecular weight is 837 g/mol. The van der Waals surface area contributed by atoms with Crippen LogP contribution in [-0.2, 0) is 0 Å². The Morgan fingerprint density at radius 3 is 1.27 bits per heavy atom. The Bertz CT molecular complexity index is 3890. The molecule has 0 spiro atoms. The zero-order valence-electron chi connectivity index (χ0n) is 35.6. The zero-order valence-corrected chi connectivity index (χ0v) is 35.6. The average Bonchev–Trinajstić information content (AvgIpc) is 3.90. The molecule has 9 aromatic carbocycles. The molecule has 0 fully saturated rings. The van der Waals surface area contributed by atoms with Crippen LogP contribution in [-0.4, -0.2) is 19.9 Å². The van der Waals surface area contributed by atoms with Crippen molar-refractivity contribution in [3.63, 3.8) is 0 Å². The lowest BCUT2D eigenvalue weighted by Gasteiger charge is -2.18. The smallest absolute Gasteiger partial charge is 0.160 e. The maximum absolute atomic E-state index is 5.61. The van der Waals surface area contributed by atoms with E-state index in [1.807, 2.05) is 30.7 Å². The van der Waals surface area contributed by atoms with Gasteiger partial charge in [0, 0.05) is 46.9 Å². The Morgan fingerprint density at radius 2 is 0.727 bits per heavy atom. The standard InChI is InChI=1S/C62H36N4/c1-3-13-47-45(11-1)51-16-5-15-50-44(27-29-54(47)58(50)51)43-33-56(49-28-30-55-48-14-4-2-12-46(48)52-17-6-18-53(49)59(52)55)61-57(34-43)60(39-23-19-37(20-24-39)41-9-7-31-63-35-41)65-62(66-61)40-25-21-38(22-26-40)42-10-8-32-64-36-42/h1-36H. The van der Waals surface area contributed by atoms with Crippen molar-refractivity contribution in [2.24, 2.45) is 0 Å². The highest BCUT2D eigenvalue weighted by molar-refractivity contribution is 6.22. The van der Waals surface area contributed by atoms with Crippen LogP contribution in [0.2, 0.25) is 0 Å². The van der Waals surface area contributed by atoms with Gasteiger partial charge in [-0.3, -0.25) is 9.97 Å². The third kappa shape index (κ3) is 5.52. The van der Waals surface area contributed by atoms with E-state index in [-0.39, 0.29) is 0 Å². The molecule has 0 unspecified atom stereocenters. The molecule has 4 nitrogen and oxygen atoms in total. The van der Waals surface area contributed by atoms with Crippen molar-refractivity contribution in [3.05, 3.63) is 219 Å². The second-order valence-electron chi connectivity index (χ2n) is 17.3. The first-order chi connectivity index (χ1) is 32.7. The molecule has 0 saturated heterocycles. The molecule has 3 aromatic heterocycles. The molecular weight excluding hydrogens is 801 g/mol. The largest absolute Gasteiger partial charge is 0.264 e. The van der Waals surface area contributed by atoms with Crippen molar-refractivity contribution in [3.8, 4) is 112 Å². The number of hydrogen-bond acceptors (Lipinski definition) is 4. The highest BCUT2D eigenvalue weighted by Crippen LogP contribution is 2.52. The summed E-state index contributed by atoms with van der Waals surface area (Å²) < 4.78 is 0. The number of fused-ring (bicyclic) bond motifs is 7. The summed E-state index contributed by atoms with van der Waals surface area (Å²) in [5.74, 6) is 0.669. The Hall–Kier alpha value is -8.86. The summed E-state index contributed by atoms with van der Waals surface area (Å²) in [7, 11) is 0. The summed E-state index contributed by atoms with van der Waals surface area (Å²) in [6, 6.07) is 70.5. The number of aromatic nitrogens is 4. The number of hydrogen-bond donors (Lipinski definition) is 0. The molecule has 2 aliphatic rings. The molecule has 0 amide bonds. The summed E-state index contributed by atoms with van der Waals surface area (Å²) in [4.78, 5) is 19.9. The van der Waals surface area contributed by atoms with Gasteiger partial charge in [0.1, 0.15) is 0 Å². The number of benzene rings is 9. The van der Waals surface area contributed by atoms with E-state index >= 15 is 0 Å². The van der Waals surface area contributed by atoms with Crippen LogP contribution in [0.25, 0.3) is 144 Å². The number of rotatable bonds is 6. The monoisotopic (exact) mass is 836 g/mol. The molecule has 2 aliphatic carbocycles. The topological polar surface area (TPSA) is 51.6 Å². The van der Waals surface area contributed by atoms with Gasteiger partial charge < -0.3 is 0 Å². The minimum Gasteiger partial charge on any atom is -0.264 e. The molecule has 66 heavy (non-hydrogen) atoms. The SMILES string of the molecule is c1cncc(-c2ccc(-c3nc(-c4ccc(-c5cccnc5)cc4)c4cc(-c5ccc6c7c(cccc57)-c5ccccc5-6)cc(-c5ccc6c7c(cccc57)-c5ccccc5-6)c4n3)cc2)c1. The first-order valence-electron chi connectivity index (χ1n) is 22.4. The summed E-state index contributed by atoms with van der Waals surface area (Å²) >= 11 is 0. The fourth-order valence-electron chi connectivity index (χ4n) is 10.7. The molecule has 304 valence electrons. The molecular formula is C62H36N4. The maximum atomic E-state index is 5.61. The molecule has 14 rings (SSSR count). The van der Waals surface area contributed by atoms with Crippen LogP contribution in [0.15, 0.2) is 219 Å². The van der Waals surface area contributed by atoms with E-state index in [1.165, 1.54) is 71.6 Å². The molecule has 12 aromatic rings. The third-order valence-electron chi connectivity index (χ3n) is 13.8. The Balaban J connectivity index is 1.06. The molecule has 0 aliphatic heterocycles. The van der Waals surface area contributed by atoms with Gasteiger partial charge in [-0.05, 0) is 129 Å². The van der Waals surface area contributed by atoms with E-state index in [0.717, 1.165) is 66.7 Å². The second kappa shape index (κ2) is 14.3. The van der Waals surface area contributed by atoms with Crippen LogP contribution >= 0.6 is 0 Å². The summed E-state index contributed by atoms with van der Waals surface area (Å²) in [5.41, 5.74) is 22.8. The summed E-state index contributed by atoms with van der Waals surface area (Å²) in [6.45, 7) is 0. The Morgan fingerprint density at radius 1 is 0.258 bits per heavy atom. The van der Waals surface area contributed by atoms with Crippen LogP contribution in [0.4, 0.5) is 0 Å². The Labute approximate surface area is 381 Å². The van der Waals surface area contributed by atoms with Crippen molar-refractivity contribution in [2.75, 3.05) is 0 Å². The second-order valence-corrected chi connectivity index (χ2v) is 17.3. The molecule has 0 saturated carbocycles. The van der Waals surface area contributed by atoms with Crippen molar-refractivity contribution >= 4 is 32.4 Å². The van der Waals surface area contributed by atoms with Crippen LogP contribution in [0.3, 0.4) is 0 Å². The van der Waals surface area contributed by atoms with Crippen molar-refractivity contribution in [1.29, 1.82) is 0 Å². The summed E-state index contributed by atoms with van der Waals surface area (Å²) in [5, 5.41) is 6.01. The van der Waals surface area contributed by atoms with Crippen LogP contribution in [0.5, 0.6) is 0 Å². The first-order valence-corrected chi connectivity index (χ1v) is 22.4. The molecule has 4 heteroatoms. The number of pyridine rings is 2. The summed E-state index contributed by atoms with van der Waals surface area (Å²) in [6.07, 6.45) is 7.43. The van der Waals surface area contributed by atoms with Crippen molar-refractivity contribution in [2.45, 2.75) is 0 Å². The predicted octanol–water partition coefficient (Wildman–Crippen LogP) is 16.0. The maximum Gasteiger partial charge on any atom is 0.160 e. The normalized spacial score (nSPS) is 11.9. The van der Waals surface area contributed by atoms with Gasteiger partial charge in [-0.25, -0.2) is 9.97 Å². The van der Waals surface area contributed by atoms with E-state index in [2.05, 4.69) is 192 Å². The Kier molecular flexibility index (Phi) is 7.95. The van der Waals surface area contributed by atoms with E-state index < -0.39 is 0 Å². The van der Waals surface area contributed by atoms with Gasteiger partial charge in [0.05, 0.1) is 11.2 Å². The molecule has 3 heterocycles.